The molecule has 1 aromatic carbocycles. The fourth-order valence-electron chi connectivity index (χ4n) is 3.06. The van der Waals surface area contributed by atoms with Crippen LogP contribution in [0, 0.1) is 0 Å². The number of carbonyl (C=O) groups is 1. The molecule has 0 fully saturated rings. The third-order valence-corrected chi connectivity index (χ3v) is 5.90. The Bertz CT molecular complexity index is 797. The minimum atomic E-state index is -0.0508. The summed E-state index contributed by atoms with van der Waals surface area (Å²) in [6, 6.07) is 1.96. The van der Waals surface area contributed by atoms with Crippen molar-refractivity contribution in [1.29, 1.82) is 0 Å². The van der Waals surface area contributed by atoms with Crippen LogP contribution in [0.3, 0.4) is 0 Å². The van der Waals surface area contributed by atoms with E-state index in [-0.39, 0.29) is 18.6 Å². The Hall–Kier alpha value is -1.01. The molecule has 0 aliphatic carbocycles. The molecule has 0 spiro atoms. The number of fused-ring (bicyclic) bond motifs is 3. The molecule has 1 amide bonds. The van der Waals surface area contributed by atoms with E-state index in [0.717, 1.165) is 21.4 Å². The maximum Gasteiger partial charge on any atom is 0.249 e. The Balaban J connectivity index is 2.17. The lowest BCUT2D eigenvalue weighted by atomic mass is 10.0. The predicted octanol–water partition coefficient (Wildman–Crippen LogP) is 4.31. The summed E-state index contributed by atoms with van der Waals surface area (Å²) < 4.78 is 4.97. The highest BCUT2D eigenvalue weighted by Crippen LogP contribution is 2.43. The summed E-state index contributed by atoms with van der Waals surface area (Å²) in [4.78, 5) is 19.4. The molecule has 0 unspecified atom stereocenters. The summed E-state index contributed by atoms with van der Waals surface area (Å²) in [7, 11) is 1.52. The second-order valence-corrected chi connectivity index (χ2v) is 7.03. The van der Waals surface area contributed by atoms with Crippen LogP contribution in [0.5, 0.6) is 0 Å². The summed E-state index contributed by atoms with van der Waals surface area (Å²) in [6.45, 7) is 2.63. The van der Waals surface area contributed by atoms with Gasteiger partial charge < -0.3 is 9.64 Å². The first kappa shape index (κ1) is 16.8. The zero-order valence-electron chi connectivity index (χ0n) is 13.0. The topological polar surface area (TPSA) is 42.4 Å². The molecule has 1 aromatic heterocycles. The van der Waals surface area contributed by atoms with Gasteiger partial charge in [0.1, 0.15) is 6.61 Å². The average Bonchev–Trinajstić information content (AvgIpc) is 2.88. The molecule has 0 radical (unpaired) electrons. The number of hydrogen-bond donors (Lipinski definition) is 0. The third kappa shape index (κ3) is 2.70. The van der Waals surface area contributed by atoms with Crippen LogP contribution in [0.2, 0.25) is 10.0 Å². The predicted molar refractivity (Wildman–Crippen MR) is 94.4 cm³/mol. The van der Waals surface area contributed by atoms with Crippen LogP contribution in [0.1, 0.15) is 24.1 Å². The summed E-state index contributed by atoms with van der Waals surface area (Å²) in [6.07, 6.45) is 3.74. The van der Waals surface area contributed by atoms with Gasteiger partial charge in [0, 0.05) is 30.1 Å². The van der Waals surface area contributed by atoms with Crippen LogP contribution < -0.4 is 0 Å². The molecule has 3 rings (SSSR count). The number of pyridine rings is 1. The van der Waals surface area contributed by atoms with Crippen molar-refractivity contribution < 1.29 is 9.53 Å². The molecule has 0 saturated carbocycles. The normalized spacial score (nSPS) is 16.9. The van der Waals surface area contributed by atoms with Crippen molar-refractivity contribution in [3.8, 4) is 0 Å². The maximum atomic E-state index is 12.2. The SMILES string of the molecule is COCC(=O)N1Cc2cnc3c(Cl)c(Cl)c(SC)cc3c2[C@@H]1C. The smallest absolute Gasteiger partial charge is 0.249 e. The van der Waals surface area contributed by atoms with Crippen molar-refractivity contribution in [2.75, 3.05) is 20.0 Å². The zero-order valence-corrected chi connectivity index (χ0v) is 15.3. The van der Waals surface area contributed by atoms with Gasteiger partial charge in [-0.15, -0.1) is 11.8 Å². The highest BCUT2D eigenvalue weighted by molar-refractivity contribution is 7.98. The molecular weight excluding hydrogens is 355 g/mol. The van der Waals surface area contributed by atoms with E-state index in [1.807, 2.05) is 19.2 Å². The maximum absolute atomic E-state index is 12.2. The van der Waals surface area contributed by atoms with E-state index >= 15 is 0 Å². The fraction of sp³-hybridized carbons (Fsp3) is 0.375. The number of nitrogens with zero attached hydrogens (tertiary/aromatic N) is 2. The summed E-state index contributed by atoms with van der Waals surface area (Å²) >= 11 is 14.2. The molecular formula is C16H16Cl2N2O2S. The number of methoxy groups -OCH3 is 1. The number of thioether (sulfide) groups is 1. The van der Waals surface area contributed by atoms with Gasteiger partial charge >= 0.3 is 0 Å². The van der Waals surface area contributed by atoms with Gasteiger partial charge in [0.25, 0.3) is 0 Å². The van der Waals surface area contributed by atoms with Crippen molar-refractivity contribution in [2.45, 2.75) is 24.4 Å². The number of amides is 1. The average molecular weight is 371 g/mol. The van der Waals surface area contributed by atoms with Gasteiger partial charge in [-0.2, -0.15) is 0 Å². The molecule has 2 aromatic rings. The minimum absolute atomic E-state index is 0.0329. The number of benzene rings is 1. The fourth-order valence-corrected chi connectivity index (χ4v) is 4.27. The molecule has 23 heavy (non-hydrogen) atoms. The van der Waals surface area contributed by atoms with Gasteiger partial charge in [-0.25, -0.2) is 0 Å². The third-order valence-electron chi connectivity index (χ3n) is 4.17. The van der Waals surface area contributed by atoms with Crippen LogP contribution in [0.4, 0.5) is 0 Å². The van der Waals surface area contributed by atoms with E-state index in [2.05, 4.69) is 4.98 Å². The van der Waals surface area contributed by atoms with Crippen molar-refractivity contribution in [3.63, 3.8) is 0 Å². The van der Waals surface area contributed by atoms with Crippen molar-refractivity contribution in [3.05, 3.63) is 33.4 Å². The Morgan fingerprint density at radius 3 is 2.87 bits per heavy atom. The summed E-state index contributed by atoms with van der Waals surface area (Å²) in [5.41, 5.74) is 2.81. The van der Waals surface area contributed by atoms with E-state index in [4.69, 9.17) is 27.9 Å². The molecule has 0 bridgehead atoms. The highest BCUT2D eigenvalue weighted by atomic mass is 35.5. The lowest BCUT2D eigenvalue weighted by Gasteiger charge is -2.22. The molecule has 122 valence electrons. The van der Waals surface area contributed by atoms with Crippen molar-refractivity contribution in [2.24, 2.45) is 0 Å². The monoisotopic (exact) mass is 370 g/mol. The Labute approximate surface area is 149 Å². The van der Waals surface area contributed by atoms with E-state index in [9.17, 15) is 4.79 Å². The first-order valence-corrected chi connectivity index (χ1v) is 9.09. The molecule has 1 aliphatic heterocycles. The van der Waals surface area contributed by atoms with E-state index in [1.165, 1.54) is 7.11 Å². The Morgan fingerprint density at radius 2 is 2.22 bits per heavy atom. The molecule has 0 N–H and O–H groups in total. The van der Waals surface area contributed by atoms with E-state index in [0.29, 0.717) is 22.1 Å². The Kier molecular flexibility index (Phi) is 4.74. The van der Waals surface area contributed by atoms with Crippen LogP contribution >= 0.6 is 35.0 Å². The lowest BCUT2D eigenvalue weighted by molar-refractivity contribution is -0.137. The highest BCUT2D eigenvalue weighted by Gasteiger charge is 2.32. The molecule has 4 nitrogen and oxygen atoms in total. The van der Waals surface area contributed by atoms with Crippen molar-refractivity contribution >= 4 is 51.8 Å². The van der Waals surface area contributed by atoms with Gasteiger partial charge in [0.2, 0.25) is 5.91 Å². The standard InChI is InChI=1S/C16H16Cl2N2O2S/c1-8-13-9(6-20(8)12(21)7-22-2)5-19-16-10(13)4-11(23-3)14(17)15(16)18/h4-5,8H,6-7H2,1-3H3/t8-/m0/s1. The molecule has 1 aliphatic rings. The second-order valence-electron chi connectivity index (χ2n) is 5.43. The van der Waals surface area contributed by atoms with Crippen LogP contribution in [0.25, 0.3) is 10.9 Å². The number of carbonyl (C=O) groups excluding carboxylic acids is 1. The number of rotatable bonds is 3. The number of halogens is 2. The van der Waals surface area contributed by atoms with Gasteiger partial charge in [0.15, 0.2) is 0 Å². The van der Waals surface area contributed by atoms with Crippen molar-refractivity contribution in [1.82, 2.24) is 9.88 Å². The van der Waals surface area contributed by atoms with Gasteiger partial charge in [0.05, 0.1) is 21.6 Å². The second kappa shape index (κ2) is 6.48. The first-order valence-electron chi connectivity index (χ1n) is 7.11. The van der Waals surface area contributed by atoms with Crippen LogP contribution in [0.15, 0.2) is 17.2 Å². The summed E-state index contributed by atoms with van der Waals surface area (Å²) in [5, 5.41) is 1.95. The van der Waals surface area contributed by atoms with Gasteiger partial charge in [-0.1, -0.05) is 23.2 Å². The molecule has 0 saturated heterocycles. The Morgan fingerprint density at radius 1 is 1.48 bits per heavy atom. The number of ether oxygens (including phenoxy) is 1. The quantitative estimate of drug-likeness (QED) is 0.754. The first-order chi connectivity index (χ1) is 11.0. The van der Waals surface area contributed by atoms with Gasteiger partial charge in [-0.05, 0) is 30.4 Å². The number of hydrogen-bond acceptors (Lipinski definition) is 4. The molecule has 1 atom stereocenters. The van der Waals surface area contributed by atoms with Crippen LogP contribution in [-0.4, -0.2) is 35.8 Å². The van der Waals surface area contributed by atoms with E-state index in [1.54, 1.807) is 22.9 Å². The molecule has 7 heteroatoms. The van der Waals surface area contributed by atoms with Crippen LogP contribution in [-0.2, 0) is 16.1 Å². The lowest BCUT2D eigenvalue weighted by Crippen LogP contribution is -2.31. The molecule has 2 heterocycles. The minimum Gasteiger partial charge on any atom is -0.375 e. The van der Waals surface area contributed by atoms with Gasteiger partial charge in [-0.3, -0.25) is 9.78 Å². The van der Waals surface area contributed by atoms with E-state index < -0.39 is 0 Å². The number of aromatic nitrogens is 1. The summed E-state index contributed by atoms with van der Waals surface area (Å²) in [5.74, 6) is -0.0329. The zero-order chi connectivity index (χ0) is 16.7. The largest absolute Gasteiger partial charge is 0.375 e.